The van der Waals surface area contributed by atoms with E-state index in [9.17, 15) is 8.42 Å². The van der Waals surface area contributed by atoms with Gasteiger partial charge in [0, 0.05) is 12.6 Å². The van der Waals surface area contributed by atoms with E-state index in [2.05, 4.69) is 0 Å². The monoisotopic (exact) mass is 316 g/mol. The molecule has 0 aliphatic rings. The predicted octanol–water partition coefficient (Wildman–Crippen LogP) is 1.51. The molecule has 0 radical (unpaired) electrons. The molecule has 0 saturated heterocycles. The van der Waals surface area contributed by atoms with E-state index in [1.807, 2.05) is 13.8 Å². The summed E-state index contributed by atoms with van der Waals surface area (Å²) in [6.07, 6.45) is 0.0142. The van der Waals surface area contributed by atoms with E-state index in [0.717, 1.165) is 0 Å². The average molecular weight is 316 g/mol. The van der Waals surface area contributed by atoms with Crippen LogP contribution in [0.5, 0.6) is 0 Å². The molecular formula is C13H20N2O3S2. The molecule has 112 valence electrons. The van der Waals surface area contributed by atoms with Crippen LogP contribution >= 0.6 is 12.2 Å². The minimum Gasteiger partial charge on any atom is -0.389 e. The minimum absolute atomic E-state index is 0.0142. The summed E-state index contributed by atoms with van der Waals surface area (Å²) >= 11 is 4.86. The van der Waals surface area contributed by atoms with E-state index in [0.29, 0.717) is 11.3 Å². The van der Waals surface area contributed by atoms with Crippen LogP contribution in [0.25, 0.3) is 0 Å². The van der Waals surface area contributed by atoms with E-state index in [4.69, 9.17) is 22.7 Å². The van der Waals surface area contributed by atoms with Crippen LogP contribution in [0.15, 0.2) is 24.3 Å². The molecule has 1 aromatic carbocycles. The molecule has 0 atom stereocenters. The smallest absolute Gasteiger partial charge is 0.237 e. The van der Waals surface area contributed by atoms with Gasteiger partial charge in [0.15, 0.2) is 0 Å². The molecule has 0 bridgehead atoms. The molecular weight excluding hydrogens is 296 g/mol. The second-order valence-electron chi connectivity index (χ2n) is 4.61. The highest BCUT2D eigenvalue weighted by molar-refractivity contribution is 7.92. The maximum Gasteiger partial charge on any atom is 0.237 e. The van der Waals surface area contributed by atoms with Gasteiger partial charge in [-0.1, -0.05) is 12.2 Å². The Morgan fingerprint density at radius 3 is 2.35 bits per heavy atom. The summed E-state index contributed by atoms with van der Waals surface area (Å²) in [5.74, 6) is -0.0568. The lowest BCUT2D eigenvalue weighted by molar-refractivity contribution is 0.0912. The number of nitrogens with two attached hydrogens (primary N) is 1. The summed E-state index contributed by atoms with van der Waals surface area (Å²) in [4.78, 5) is 0.285. The van der Waals surface area contributed by atoms with Gasteiger partial charge in [-0.3, -0.25) is 4.31 Å². The Morgan fingerprint density at radius 2 is 1.90 bits per heavy atom. The Balaban J connectivity index is 2.77. The number of sulfonamides is 1. The first-order chi connectivity index (χ1) is 9.24. The molecule has 2 N–H and O–H groups in total. The zero-order valence-electron chi connectivity index (χ0n) is 11.9. The highest BCUT2D eigenvalue weighted by Gasteiger charge is 2.18. The fourth-order valence-electron chi connectivity index (χ4n) is 1.52. The molecule has 0 unspecified atom stereocenters. The van der Waals surface area contributed by atoms with Crippen LogP contribution < -0.4 is 10.0 Å². The van der Waals surface area contributed by atoms with Crippen LogP contribution in [0.1, 0.15) is 19.4 Å². The summed E-state index contributed by atoms with van der Waals surface area (Å²) in [6.45, 7) is 3.91. The van der Waals surface area contributed by atoms with Crippen molar-refractivity contribution >= 4 is 32.9 Å². The van der Waals surface area contributed by atoms with Gasteiger partial charge in [0.05, 0.1) is 24.2 Å². The lowest BCUT2D eigenvalue weighted by atomic mass is 10.2. The second-order valence-corrected chi connectivity index (χ2v) is 7.17. The highest BCUT2D eigenvalue weighted by Crippen LogP contribution is 2.17. The summed E-state index contributed by atoms with van der Waals surface area (Å²) in [5, 5.41) is 0. The number of benzene rings is 1. The van der Waals surface area contributed by atoms with Crippen molar-refractivity contribution in [3.63, 3.8) is 0 Å². The summed E-state index contributed by atoms with van der Waals surface area (Å²) < 4.78 is 30.8. The van der Waals surface area contributed by atoms with Gasteiger partial charge in [-0.2, -0.15) is 0 Å². The lowest BCUT2D eigenvalue weighted by Crippen LogP contribution is -2.31. The SMILES string of the molecule is CC(C)OCCS(=O)(=O)N(C)c1ccc(C(N)=S)cc1. The number of nitrogens with zero attached hydrogens (tertiary/aromatic N) is 1. The first-order valence-electron chi connectivity index (χ1n) is 6.22. The number of anilines is 1. The standard InChI is InChI=1S/C13H20N2O3S2/c1-10(2)18-8-9-20(16,17)15(3)12-6-4-11(5-7-12)13(14)19/h4-7,10H,8-9H2,1-3H3,(H2,14,19). The lowest BCUT2D eigenvalue weighted by Gasteiger charge is -2.20. The summed E-state index contributed by atoms with van der Waals surface area (Å²) in [7, 11) is -1.88. The first-order valence-corrected chi connectivity index (χ1v) is 8.24. The number of ether oxygens (including phenoxy) is 1. The number of thiocarbonyl (C=S) groups is 1. The Hall–Kier alpha value is -1.18. The average Bonchev–Trinajstić information content (AvgIpc) is 2.37. The topological polar surface area (TPSA) is 72.6 Å². The predicted molar refractivity (Wildman–Crippen MR) is 85.6 cm³/mol. The van der Waals surface area contributed by atoms with Gasteiger partial charge in [-0.05, 0) is 38.1 Å². The maximum atomic E-state index is 12.1. The third-order valence-corrected chi connectivity index (χ3v) is 4.69. The Bertz CT molecular complexity index is 553. The second kappa shape index (κ2) is 7.01. The molecule has 0 aromatic heterocycles. The van der Waals surface area contributed by atoms with E-state index < -0.39 is 10.0 Å². The minimum atomic E-state index is -3.40. The molecule has 0 aliphatic carbocycles. The molecule has 0 heterocycles. The number of hydrogen-bond acceptors (Lipinski definition) is 4. The zero-order chi connectivity index (χ0) is 15.3. The van der Waals surface area contributed by atoms with Crippen molar-refractivity contribution in [2.24, 2.45) is 5.73 Å². The van der Waals surface area contributed by atoms with Crippen LogP contribution in [0.4, 0.5) is 5.69 Å². The summed E-state index contributed by atoms with van der Waals surface area (Å²) in [5.41, 5.74) is 6.77. The van der Waals surface area contributed by atoms with E-state index in [1.165, 1.54) is 11.4 Å². The molecule has 0 fully saturated rings. The molecule has 0 aliphatic heterocycles. The normalized spacial score (nSPS) is 11.6. The van der Waals surface area contributed by atoms with Crippen molar-refractivity contribution in [3.8, 4) is 0 Å². The van der Waals surface area contributed by atoms with Gasteiger partial charge in [-0.25, -0.2) is 8.42 Å². The largest absolute Gasteiger partial charge is 0.389 e. The fraction of sp³-hybridized carbons (Fsp3) is 0.462. The third kappa shape index (κ3) is 4.73. The van der Waals surface area contributed by atoms with Gasteiger partial charge in [-0.15, -0.1) is 0 Å². The Kier molecular flexibility index (Phi) is 5.91. The van der Waals surface area contributed by atoms with E-state index in [1.54, 1.807) is 24.3 Å². The van der Waals surface area contributed by atoms with Gasteiger partial charge < -0.3 is 10.5 Å². The highest BCUT2D eigenvalue weighted by atomic mass is 32.2. The fourth-order valence-corrected chi connectivity index (χ4v) is 2.68. The van der Waals surface area contributed by atoms with Crippen LogP contribution in [-0.4, -0.2) is 38.9 Å². The van der Waals surface area contributed by atoms with Gasteiger partial charge in [0.1, 0.15) is 4.99 Å². The van der Waals surface area contributed by atoms with Gasteiger partial charge in [0.2, 0.25) is 10.0 Å². The molecule has 1 rings (SSSR count). The van der Waals surface area contributed by atoms with Gasteiger partial charge in [0.25, 0.3) is 0 Å². The molecule has 20 heavy (non-hydrogen) atoms. The first kappa shape index (κ1) is 16.9. The van der Waals surface area contributed by atoms with Crippen molar-refractivity contribution in [1.29, 1.82) is 0 Å². The zero-order valence-corrected chi connectivity index (χ0v) is 13.5. The molecule has 0 saturated carbocycles. The van der Waals surface area contributed by atoms with Crippen LogP contribution in [0.2, 0.25) is 0 Å². The molecule has 7 heteroatoms. The Morgan fingerprint density at radius 1 is 1.35 bits per heavy atom. The van der Waals surface area contributed by atoms with Crippen molar-refractivity contribution in [3.05, 3.63) is 29.8 Å². The maximum absolute atomic E-state index is 12.1. The summed E-state index contributed by atoms with van der Waals surface area (Å²) in [6, 6.07) is 6.76. The van der Waals surface area contributed by atoms with Crippen LogP contribution in [-0.2, 0) is 14.8 Å². The van der Waals surface area contributed by atoms with E-state index >= 15 is 0 Å². The molecule has 1 aromatic rings. The number of hydrogen-bond donors (Lipinski definition) is 1. The van der Waals surface area contributed by atoms with Crippen molar-refractivity contribution < 1.29 is 13.2 Å². The van der Waals surface area contributed by atoms with Gasteiger partial charge >= 0.3 is 0 Å². The molecule has 5 nitrogen and oxygen atoms in total. The van der Waals surface area contributed by atoms with Crippen LogP contribution in [0.3, 0.4) is 0 Å². The molecule has 0 spiro atoms. The Labute approximate surface area is 125 Å². The number of rotatable bonds is 7. The van der Waals surface area contributed by atoms with Crippen LogP contribution in [0, 0.1) is 0 Å². The van der Waals surface area contributed by atoms with Crippen molar-refractivity contribution in [2.75, 3.05) is 23.7 Å². The van der Waals surface area contributed by atoms with Crippen molar-refractivity contribution in [2.45, 2.75) is 20.0 Å². The van der Waals surface area contributed by atoms with Crippen molar-refractivity contribution in [1.82, 2.24) is 0 Å². The molecule has 0 amide bonds. The quantitative estimate of drug-likeness (QED) is 0.772. The third-order valence-electron chi connectivity index (χ3n) is 2.73. The van der Waals surface area contributed by atoms with E-state index in [-0.39, 0.29) is 23.5 Å².